The number of alkyl halides is 2. The summed E-state index contributed by atoms with van der Waals surface area (Å²) in [5, 5.41) is 2.68. The first-order valence-electron chi connectivity index (χ1n) is 7.58. The minimum atomic E-state index is -2.97. The molecule has 2 rings (SSSR count). The first-order chi connectivity index (χ1) is 12.8. The predicted molar refractivity (Wildman–Crippen MR) is 105 cm³/mol. The van der Waals surface area contributed by atoms with Gasteiger partial charge in [0.05, 0.1) is 11.4 Å². The summed E-state index contributed by atoms with van der Waals surface area (Å²) in [5.41, 5.74) is 5.96. The standard InChI is InChI=1S/C18H15BrF2N2O3S/c19-12-6-7-14(26-18(20)21)11(9-12)5-8-17(25)23-13-3-1-2-4-15(13)27-10-16(22)24/h1-9,18H,10H2,(H2,22,24)(H,23,25)/b8-5+. The Hall–Kier alpha value is -2.39. The molecule has 142 valence electrons. The van der Waals surface area contributed by atoms with Gasteiger partial charge in [-0.05, 0) is 36.4 Å². The van der Waals surface area contributed by atoms with Crippen molar-refractivity contribution in [3.8, 4) is 5.75 Å². The molecule has 27 heavy (non-hydrogen) atoms. The number of halogens is 3. The third-order valence-electron chi connectivity index (χ3n) is 3.12. The zero-order valence-corrected chi connectivity index (χ0v) is 16.2. The number of para-hydroxylation sites is 1. The van der Waals surface area contributed by atoms with Crippen molar-refractivity contribution >= 4 is 51.3 Å². The molecule has 0 heterocycles. The summed E-state index contributed by atoms with van der Waals surface area (Å²) in [7, 11) is 0. The number of rotatable bonds is 8. The lowest BCUT2D eigenvalue weighted by Crippen LogP contribution is -2.13. The number of anilines is 1. The maximum Gasteiger partial charge on any atom is 0.387 e. The molecule has 0 saturated carbocycles. The van der Waals surface area contributed by atoms with Crippen molar-refractivity contribution in [2.45, 2.75) is 11.5 Å². The molecule has 2 aromatic rings. The second-order valence-corrected chi connectivity index (χ2v) is 7.07. The molecule has 0 aliphatic carbocycles. The number of benzene rings is 2. The van der Waals surface area contributed by atoms with Gasteiger partial charge >= 0.3 is 6.61 Å². The van der Waals surface area contributed by atoms with Crippen LogP contribution in [0.25, 0.3) is 6.08 Å². The predicted octanol–water partition coefficient (Wildman–Crippen LogP) is 4.28. The quantitative estimate of drug-likeness (QED) is 0.458. The van der Waals surface area contributed by atoms with Gasteiger partial charge in [-0.15, -0.1) is 11.8 Å². The van der Waals surface area contributed by atoms with Crippen LogP contribution in [0.4, 0.5) is 14.5 Å². The molecule has 0 spiro atoms. The van der Waals surface area contributed by atoms with E-state index in [4.69, 9.17) is 5.73 Å². The number of hydrogen-bond donors (Lipinski definition) is 2. The van der Waals surface area contributed by atoms with E-state index in [2.05, 4.69) is 26.0 Å². The number of nitrogens with two attached hydrogens (primary N) is 1. The van der Waals surface area contributed by atoms with Crippen LogP contribution in [0.3, 0.4) is 0 Å². The van der Waals surface area contributed by atoms with Gasteiger partial charge in [0.1, 0.15) is 5.75 Å². The molecule has 2 amide bonds. The zero-order valence-electron chi connectivity index (χ0n) is 13.8. The molecular weight excluding hydrogens is 442 g/mol. The van der Waals surface area contributed by atoms with Crippen LogP contribution in [-0.4, -0.2) is 24.2 Å². The first-order valence-corrected chi connectivity index (χ1v) is 9.36. The molecule has 0 unspecified atom stereocenters. The molecule has 0 atom stereocenters. The number of thioether (sulfide) groups is 1. The Kier molecular flexibility index (Phi) is 7.81. The van der Waals surface area contributed by atoms with E-state index in [0.717, 1.165) is 0 Å². The van der Waals surface area contributed by atoms with Crippen molar-refractivity contribution in [1.29, 1.82) is 0 Å². The van der Waals surface area contributed by atoms with Crippen molar-refractivity contribution in [2.75, 3.05) is 11.1 Å². The maximum absolute atomic E-state index is 12.5. The summed E-state index contributed by atoms with van der Waals surface area (Å²) < 4.78 is 30.1. The fourth-order valence-electron chi connectivity index (χ4n) is 2.04. The van der Waals surface area contributed by atoms with Crippen molar-refractivity contribution in [2.24, 2.45) is 5.73 Å². The number of carbonyl (C=O) groups is 2. The molecule has 3 N–H and O–H groups in total. The summed E-state index contributed by atoms with van der Waals surface area (Å²) in [6, 6.07) is 11.4. The molecule has 0 aliphatic rings. The van der Waals surface area contributed by atoms with Gasteiger partial charge in [0.25, 0.3) is 0 Å². The minimum Gasteiger partial charge on any atom is -0.434 e. The summed E-state index contributed by atoms with van der Waals surface area (Å²) >= 11 is 4.44. The fraction of sp³-hybridized carbons (Fsp3) is 0.111. The van der Waals surface area contributed by atoms with E-state index in [-0.39, 0.29) is 11.5 Å². The molecule has 0 saturated heterocycles. The molecule has 0 aliphatic heterocycles. The van der Waals surface area contributed by atoms with Gasteiger partial charge < -0.3 is 15.8 Å². The van der Waals surface area contributed by atoms with E-state index < -0.39 is 18.4 Å². The lowest BCUT2D eigenvalue weighted by molar-refractivity contribution is -0.115. The molecule has 0 fully saturated rings. The van der Waals surface area contributed by atoms with E-state index in [0.29, 0.717) is 20.6 Å². The van der Waals surface area contributed by atoms with Gasteiger partial charge in [0, 0.05) is 21.0 Å². The highest BCUT2D eigenvalue weighted by molar-refractivity contribution is 9.10. The zero-order chi connectivity index (χ0) is 19.8. The lowest BCUT2D eigenvalue weighted by atomic mass is 10.2. The Bertz CT molecular complexity index is 862. The van der Waals surface area contributed by atoms with Crippen molar-refractivity contribution in [3.63, 3.8) is 0 Å². The highest BCUT2D eigenvalue weighted by Crippen LogP contribution is 2.28. The summed E-state index contributed by atoms with van der Waals surface area (Å²) in [6.45, 7) is -2.97. The second kappa shape index (κ2) is 10.1. The number of hydrogen-bond acceptors (Lipinski definition) is 4. The van der Waals surface area contributed by atoms with E-state index in [1.54, 1.807) is 36.4 Å². The fourth-order valence-corrected chi connectivity index (χ4v) is 3.16. The highest BCUT2D eigenvalue weighted by atomic mass is 79.9. The van der Waals surface area contributed by atoms with E-state index >= 15 is 0 Å². The van der Waals surface area contributed by atoms with Crippen LogP contribution in [0.15, 0.2) is 57.9 Å². The van der Waals surface area contributed by atoms with Crippen LogP contribution in [-0.2, 0) is 9.59 Å². The average molecular weight is 457 g/mol. The Morgan fingerprint density at radius 2 is 2.00 bits per heavy atom. The van der Waals surface area contributed by atoms with Crippen LogP contribution in [0.1, 0.15) is 5.56 Å². The lowest BCUT2D eigenvalue weighted by Gasteiger charge is -2.09. The smallest absolute Gasteiger partial charge is 0.387 e. The highest BCUT2D eigenvalue weighted by Gasteiger charge is 2.10. The van der Waals surface area contributed by atoms with Gasteiger partial charge in [0.2, 0.25) is 11.8 Å². The molecular formula is C18H15BrF2N2O3S. The monoisotopic (exact) mass is 456 g/mol. The summed E-state index contributed by atoms with van der Waals surface area (Å²) in [4.78, 5) is 23.8. The molecule has 2 aromatic carbocycles. The molecule has 0 aromatic heterocycles. The van der Waals surface area contributed by atoms with E-state index in [1.165, 1.54) is 30.0 Å². The minimum absolute atomic E-state index is 0.0466. The Morgan fingerprint density at radius 3 is 2.70 bits per heavy atom. The number of ether oxygens (including phenoxy) is 1. The van der Waals surface area contributed by atoms with Gasteiger partial charge in [-0.2, -0.15) is 8.78 Å². The van der Waals surface area contributed by atoms with Crippen molar-refractivity contribution in [1.82, 2.24) is 0 Å². The third-order valence-corrected chi connectivity index (χ3v) is 4.71. The largest absolute Gasteiger partial charge is 0.434 e. The first kappa shape index (κ1) is 20.9. The number of nitrogens with one attached hydrogen (secondary N) is 1. The van der Waals surface area contributed by atoms with E-state index in [1.807, 2.05) is 0 Å². The molecule has 0 radical (unpaired) electrons. The number of carbonyl (C=O) groups excluding carboxylic acids is 2. The van der Waals surface area contributed by atoms with Gasteiger partial charge in [-0.25, -0.2) is 0 Å². The molecule has 9 heteroatoms. The van der Waals surface area contributed by atoms with Crippen LogP contribution in [0.5, 0.6) is 5.75 Å². The summed E-state index contributed by atoms with van der Waals surface area (Å²) in [5.74, 6) is -0.906. The maximum atomic E-state index is 12.5. The van der Waals surface area contributed by atoms with E-state index in [9.17, 15) is 18.4 Å². The topological polar surface area (TPSA) is 81.4 Å². The number of primary amides is 1. The molecule has 5 nitrogen and oxygen atoms in total. The van der Waals surface area contributed by atoms with Gasteiger partial charge in [-0.1, -0.05) is 28.1 Å². The Labute approximate surface area is 167 Å². The van der Waals surface area contributed by atoms with Crippen molar-refractivity contribution in [3.05, 3.63) is 58.6 Å². The Morgan fingerprint density at radius 1 is 1.26 bits per heavy atom. The van der Waals surface area contributed by atoms with Crippen LogP contribution in [0, 0.1) is 0 Å². The van der Waals surface area contributed by atoms with Crippen LogP contribution >= 0.6 is 27.7 Å². The van der Waals surface area contributed by atoms with Crippen LogP contribution < -0.4 is 15.8 Å². The number of amides is 2. The summed E-state index contributed by atoms with van der Waals surface area (Å²) in [6.07, 6.45) is 2.58. The SMILES string of the molecule is NC(=O)CSc1ccccc1NC(=O)/C=C/c1cc(Br)ccc1OC(F)F. The van der Waals surface area contributed by atoms with Gasteiger partial charge in [-0.3, -0.25) is 9.59 Å². The third kappa shape index (κ3) is 7.03. The Balaban J connectivity index is 2.12. The average Bonchev–Trinajstić information content (AvgIpc) is 2.60. The van der Waals surface area contributed by atoms with Crippen LogP contribution in [0.2, 0.25) is 0 Å². The normalized spacial score (nSPS) is 11.0. The molecule has 0 bridgehead atoms. The van der Waals surface area contributed by atoms with Gasteiger partial charge in [0.15, 0.2) is 0 Å². The van der Waals surface area contributed by atoms with Crippen molar-refractivity contribution < 1.29 is 23.1 Å². The second-order valence-electron chi connectivity index (χ2n) is 5.13.